The molecular formula is C12H20O17S2. The first-order chi connectivity index (χ1) is 14.5. The predicted octanol–water partition coefficient (Wildman–Crippen LogP) is -4.97. The van der Waals surface area contributed by atoms with Crippen molar-refractivity contribution in [3.8, 4) is 0 Å². The van der Waals surface area contributed by atoms with Crippen LogP contribution in [0, 0.1) is 0 Å². The zero-order valence-electron chi connectivity index (χ0n) is 16.0. The fourth-order valence-electron chi connectivity index (χ4n) is 2.89. The highest BCUT2D eigenvalue weighted by Crippen LogP contribution is 2.31. The number of aliphatic hydroxyl groups excluding tert-OH is 4. The molecule has 10 atom stereocenters. The maximum atomic E-state index is 11.3. The van der Waals surface area contributed by atoms with Crippen LogP contribution in [0.25, 0.3) is 0 Å². The molecule has 2 fully saturated rings. The Bertz CT molecular complexity index is 876. The SMILES string of the molecule is [3H]C(O)C1OC(COS(=O)(=O)O)C(OC2OC(C(=O)O)C(O)C(O)C2OS(=O)(=O)O)C1O. The highest BCUT2D eigenvalue weighted by atomic mass is 32.3. The van der Waals surface area contributed by atoms with Crippen LogP contribution in [0.2, 0.25) is 0 Å². The van der Waals surface area contributed by atoms with E-state index in [0.29, 0.717) is 0 Å². The average molecular weight is 502 g/mol. The lowest BCUT2D eigenvalue weighted by molar-refractivity contribution is -0.306. The van der Waals surface area contributed by atoms with Crippen molar-refractivity contribution in [2.75, 3.05) is 13.2 Å². The third-order valence-corrected chi connectivity index (χ3v) is 5.11. The zero-order valence-corrected chi connectivity index (χ0v) is 16.6. The Morgan fingerprint density at radius 3 is 2.03 bits per heavy atom. The average Bonchev–Trinajstić information content (AvgIpc) is 2.93. The molecule has 182 valence electrons. The van der Waals surface area contributed by atoms with Gasteiger partial charge < -0.3 is 39.7 Å². The van der Waals surface area contributed by atoms with Gasteiger partial charge in [-0.3, -0.25) is 9.11 Å². The first-order valence-corrected chi connectivity index (χ1v) is 10.9. The lowest BCUT2D eigenvalue weighted by Gasteiger charge is -2.41. The number of hydrogen-bond donors (Lipinski definition) is 7. The van der Waals surface area contributed by atoms with Gasteiger partial charge in [0.1, 0.15) is 36.6 Å². The van der Waals surface area contributed by atoms with Crippen LogP contribution in [0.5, 0.6) is 0 Å². The van der Waals surface area contributed by atoms with Crippen molar-refractivity contribution >= 4 is 26.8 Å². The molecule has 0 aromatic carbocycles. The maximum absolute atomic E-state index is 11.3. The summed E-state index contributed by atoms with van der Waals surface area (Å²) >= 11 is 0. The summed E-state index contributed by atoms with van der Waals surface area (Å²) in [6.45, 7) is -3.20. The lowest BCUT2D eigenvalue weighted by atomic mass is 9.98. The second kappa shape index (κ2) is 9.82. The van der Waals surface area contributed by atoms with Crippen LogP contribution in [0.1, 0.15) is 1.37 Å². The molecule has 2 rings (SSSR count). The van der Waals surface area contributed by atoms with Crippen LogP contribution < -0.4 is 0 Å². The monoisotopic (exact) mass is 502 g/mol. The second-order valence-electron chi connectivity index (χ2n) is 6.32. The van der Waals surface area contributed by atoms with Gasteiger partial charge in [-0.25, -0.2) is 13.2 Å². The molecule has 2 saturated heterocycles. The summed E-state index contributed by atoms with van der Waals surface area (Å²) in [5.41, 5.74) is 0. The minimum Gasteiger partial charge on any atom is -0.479 e. The summed E-state index contributed by atoms with van der Waals surface area (Å²) in [7, 11) is -10.4. The number of carboxylic acids is 1. The standard InChI is InChI=1S/C12H20O17S2/c13-1-3-5(14)8(4(26-3)2-25-30(19,20)21)27-12-10(29-31(22,23)24)7(16)6(15)9(28-12)11(17)18/h3-10,12-16H,1-2H2,(H,17,18)(H,19,20,21)(H,22,23,24)/i1T. The first kappa shape index (κ1) is 24.6. The highest BCUT2D eigenvalue weighted by Gasteiger charge is 2.54. The van der Waals surface area contributed by atoms with E-state index < -0.39 is 95.1 Å². The Labute approximate surface area is 176 Å². The van der Waals surface area contributed by atoms with Crippen molar-refractivity contribution in [3.05, 3.63) is 0 Å². The van der Waals surface area contributed by atoms with E-state index in [9.17, 15) is 42.1 Å². The van der Waals surface area contributed by atoms with Crippen molar-refractivity contribution in [2.24, 2.45) is 0 Å². The van der Waals surface area contributed by atoms with E-state index in [2.05, 4.69) is 8.37 Å². The van der Waals surface area contributed by atoms with Crippen molar-refractivity contribution < 1.29 is 80.2 Å². The van der Waals surface area contributed by atoms with Crippen molar-refractivity contribution in [3.63, 3.8) is 0 Å². The normalized spacial score (nSPS) is 41.0. The highest BCUT2D eigenvalue weighted by molar-refractivity contribution is 7.81. The van der Waals surface area contributed by atoms with Gasteiger partial charge >= 0.3 is 26.8 Å². The molecule has 0 aliphatic carbocycles. The van der Waals surface area contributed by atoms with Gasteiger partial charge in [0.15, 0.2) is 18.5 Å². The smallest absolute Gasteiger partial charge is 0.397 e. The number of aliphatic carboxylic acids is 1. The number of carboxylic acid groups (broad SMARTS) is 1. The van der Waals surface area contributed by atoms with Crippen molar-refractivity contribution in [2.45, 2.75) is 55.1 Å². The maximum Gasteiger partial charge on any atom is 0.397 e. The number of ether oxygens (including phenoxy) is 3. The Morgan fingerprint density at radius 1 is 0.935 bits per heavy atom. The minimum absolute atomic E-state index is 1.08. The van der Waals surface area contributed by atoms with Crippen LogP contribution in [0.4, 0.5) is 0 Å². The third-order valence-electron chi connectivity index (χ3n) is 4.21. The van der Waals surface area contributed by atoms with Crippen LogP contribution >= 0.6 is 0 Å². The van der Waals surface area contributed by atoms with Crippen LogP contribution in [-0.2, 0) is 48.2 Å². The summed E-state index contributed by atoms with van der Waals surface area (Å²) < 4.78 is 92.0. The topological polar surface area (TPSA) is 273 Å². The molecule has 10 unspecified atom stereocenters. The Hall–Kier alpha value is -1.07. The van der Waals surface area contributed by atoms with Gasteiger partial charge in [0.25, 0.3) is 0 Å². The quantitative estimate of drug-likeness (QED) is 0.145. The van der Waals surface area contributed by atoms with E-state index in [1.165, 1.54) is 0 Å². The Balaban J connectivity index is 2.35. The molecule has 0 spiro atoms. The molecule has 0 amide bonds. The van der Waals surface area contributed by atoms with Crippen LogP contribution in [0.15, 0.2) is 0 Å². The van der Waals surface area contributed by atoms with Gasteiger partial charge in [0, 0.05) is 0 Å². The molecule has 2 aliphatic rings. The molecule has 17 nitrogen and oxygen atoms in total. The molecule has 0 aromatic heterocycles. The van der Waals surface area contributed by atoms with E-state index in [1.807, 2.05) is 0 Å². The van der Waals surface area contributed by atoms with E-state index in [-0.39, 0.29) is 0 Å². The summed E-state index contributed by atoms with van der Waals surface area (Å²) in [6.07, 6.45) is -18.7. The van der Waals surface area contributed by atoms with Gasteiger partial charge in [-0.15, -0.1) is 0 Å². The molecule has 2 aliphatic heterocycles. The summed E-state index contributed by atoms with van der Waals surface area (Å²) in [4.78, 5) is 11.3. The molecule has 0 radical (unpaired) electrons. The number of hydrogen-bond acceptors (Lipinski definition) is 14. The van der Waals surface area contributed by atoms with Gasteiger partial charge in [0.2, 0.25) is 0 Å². The van der Waals surface area contributed by atoms with Gasteiger partial charge in [-0.05, 0) is 0 Å². The van der Waals surface area contributed by atoms with Crippen molar-refractivity contribution in [1.29, 1.82) is 0 Å². The van der Waals surface area contributed by atoms with E-state index in [4.69, 9.17) is 29.8 Å². The Morgan fingerprint density at radius 2 is 1.55 bits per heavy atom. The molecule has 2 heterocycles. The summed E-state index contributed by atoms with van der Waals surface area (Å²) in [5, 5.41) is 48.7. The lowest BCUT2D eigenvalue weighted by Crippen LogP contribution is -2.62. The number of rotatable bonds is 9. The molecule has 0 aromatic rings. The van der Waals surface area contributed by atoms with Gasteiger partial charge in [-0.2, -0.15) is 16.8 Å². The van der Waals surface area contributed by atoms with E-state index in [1.54, 1.807) is 0 Å². The zero-order chi connectivity index (χ0) is 24.6. The molecular weight excluding hydrogens is 480 g/mol. The van der Waals surface area contributed by atoms with Gasteiger partial charge in [0.05, 0.1) is 14.6 Å². The minimum atomic E-state index is -5.34. The fourth-order valence-corrected chi connectivity index (χ4v) is 3.68. The number of carbonyl (C=O) groups is 1. The third kappa shape index (κ3) is 6.71. The van der Waals surface area contributed by atoms with Gasteiger partial charge in [-0.1, -0.05) is 0 Å². The molecule has 31 heavy (non-hydrogen) atoms. The molecule has 7 N–H and O–H groups in total. The molecule has 0 bridgehead atoms. The number of aliphatic hydroxyl groups is 4. The first-order valence-electron chi connectivity index (χ1n) is 8.71. The van der Waals surface area contributed by atoms with E-state index >= 15 is 0 Å². The second-order valence-corrected chi connectivity index (χ2v) is 8.46. The summed E-state index contributed by atoms with van der Waals surface area (Å²) in [6, 6.07) is 0. The van der Waals surface area contributed by atoms with Crippen LogP contribution in [0.3, 0.4) is 0 Å². The molecule has 0 saturated carbocycles. The largest absolute Gasteiger partial charge is 0.479 e. The molecule has 19 heteroatoms. The summed E-state index contributed by atoms with van der Waals surface area (Å²) in [5.74, 6) is -1.84. The van der Waals surface area contributed by atoms with Crippen molar-refractivity contribution in [1.82, 2.24) is 0 Å². The Kier molecular flexibility index (Phi) is 7.79. The predicted molar refractivity (Wildman–Crippen MR) is 88.9 cm³/mol. The van der Waals surface area contributed by atoms with Crippen LogP contribution in [-0.4, -0.2) is 126 Å². The fraction of sp³-hybridized carbons (Fsp3) is 0.917. The van der Waals surface area contributed by atoms with E-state index in [0.717, 1.165) is 0 Å².